The fraction of sp³-hybridized carbons (Fsp3) is 0.125. The molecule has 0 spiro atoms. The lowest BCUT2D eigenvalue weighted by Gasteiger charge is -2.18. The van der Waals surface area contributed by atoms with Gasteiger partial charge in [0.2, 0.25) is 5.82 Å². The van der Waals surface area contributed by atoms with E-state index in [1.54, 1.807) is 0 Å². The Kier molecular flexibility index (Phi) is 6.96. The predicted octanol–water partition coefficient (Wildman–Crippen LogP) is 5.59. The zero-order valence-corrected chi connectivity index (χ0v) is 16.5. The summed E-state index contributed by atoms with van der Waals surface area (Å²) in [5, 5.41) is 0. The van der Waals surface area contributed by atoms with Crippen LogP contribution in [0.1, 0.15) is 0 Å². The van der Waals surface area contributed by atoms with E-state index in [4.69, 9.17) is 0 Å². The van der Waals surface area contributed by atoms with Crippen LogP contribution in [0.15, 0.2) is 12.1 Å². The van der Waals surface area contributed by atoms with Gasteiger partial charge in [0.25, 0.3) is 0 Å². The van der Waals surface area contributed by atoms with E-state index in [0.29, 0.717) is 12.1 Å². The van der Waals surface area contributed by atoms with Crippen molar-refractivity contribution in [3.05, 3.63) is 44.8 Å². The number of ether oxygens (including phenoxy) is 2. The van der Waals surface area contributed by atoms with Gasteiger partial charge in [0.1, 0.15) is 0 Å². The summed E-state index contributed by atoms with van der Waals surface area (Å²) in [7, 11) is 0. The first-order chi connectivity index (χ1) is 14.5. The maximum absolute atomic E-state index is 14.2. The van der Waals surface area contributed by atoms with Crippen molar-refractivity contribution >= 4 is 34.5 Å². The van der Waals surface area contributed by atoms with Gasteiger partial charge in [-0.05, 0) is 34.7 Å². The average Bonchev–Trinajstić information content (AvgIpc) is 2.67. The third-order valence-corrected chi connectivity index (χ3v) is 4.25. The van der Waals surface area contributed by atoms with Crippen LogP contribution in [0.25, 0.3) is 11.1 Å². The van der Waals surface area contributed by atoms with Crippen LogP contribution in [0.3, 0.4) is 0 Å². The van der Waals surface area contributed by atoms with Crippen LogP contribution in [-0.4, -0.2) is 24.3 Å². The predicted molar refractivity (Wildman–Crippen MR) is 87.8 cm³/mol. The Morgan fingerprint density at radius 1 is 0.656 bits per heavy atom. The smallest absolute Gasteiger partial charge is 0.415 e. The number of hydrogen-bond donors (Lipinski definition) is 0. The Morgan fingerprint density at radius 3 is 1.44 bits per heavy atom. The Balaban J connectivity index is 2.90. The fourth-order valence-electron chi connectivity index (χ4n) is 2.07. The van der Waals surface area contributed by atoms with Crippen molar-refractivity contribution in [2.24, 2.45) is 0 Å². The molecule has 0 N–H and O–H groups in total. The summed E-state index contributed by atoms with van der Waals surface area (Å²) >= 11 is 1.07. The third kappa shape index (κ3) is 4.88. The highest BCUT2D eigenvalue weighted by atomic mass is 127. The lowest BCUT2D eigenvalue weighted by Crippen LogP contribution is -2.30. The Hall–Kier alpha value is -2.66. The van der Waals surface area contributed by atoms with Gasteiger partial charge in [-0.3, -0.25) is 0 Å². The van der Waals surface area contributed by atoms with E-state index in [-0.39, 0.29) is 0 Å². The molecule has 16 heteroatoms. The molecule has 0 unspecified atom stereocenters. The number of rotatable bonds is 3. The van der Waals surface area contributed by atoms with Crippen molar-refractivity contribution in [2.45, 2.75) is 12.4 Å². The maximum atomic E-state index is 14.2. The maximum Gasteiger partial charge on any atom is 0.491 e. The van der Waals surface area contributed by atoms with Crippen LogP contribution in [-0.2, 0) is 9.59 Å². The molecule has 0 saturated heterocycles. The molecule has 0 heterocycles. The lowest BCUT2D eigenvalue weighted by molar-refractivity contribution is -0.191. The van der Waals surface area contributed by atoms with Crippen LogP contribution >= 0.6 is 22.6 Å². The number of carbonyl (C=O) groups excluding carboxylic acids is 2. The third-order valence-electron chi connectivity index (χ3n) is 3.40. The number of esters is 2. The highest BCUT2D eigenvalue weighted by molar-refractivity contribution is 14.1. The molecule has 0 radical (unpaired) electrons. The first-order valence-electron chi connectivity index (χ1n) is 7.40. The van der Waals surface area contributed by atoms with E-state index in [0.717, 1.165) is 22.6 Å². The molecule has 2 aromatic rings. The van der Waals surface area contributed by atoms with Crippen LogP contribution in [0.2, 0.25) is 0 Å². The van der Waals surface area contributed by atoms with Crippen molar-refractivity contribution in [1.82, 2.24) is 0 Å². The van der Waals surface area contributed by atoms with E-state index in [9.17, 15) is 57.9 Å². The van der Waals surface area contributed by atoms with E-state index in [2.05, 4.69) is 9.47 Å². The molecule has 4 nitrogen and oxygen atoms in total. The molecular weight excluding hydrogens is 592 g/mol. The number of halogens is 12. The molecule has 0 aliphatic rings. The fourth-order valence-corrected chi connectivity index (χ4v) is 2.61. The van der Waals surface area contributed by atoms with Crippen molar-refractivity contribution in [1.29, 1.82) is 0 Å². The van der Waals surface area contributed by atoms with E-state index in [1.807, 2.05) is 0 Å². The minimum atomic E-state index is -5.83. The summed E-state index contributed by atoms with van der Waals surface area (Å²) in [6.07, 6.45) is -11.6. The van der Waals surface area contributed by atoms with E-state index >= 15 is 0 Å². The van der Waals surface area contributed by atoms with Crippen molar-refractivity contribution in [2.75, 3.05) is 0 Å². The molecule has 0 fully saturated rings. The molecule has 0 atom stereocenters. The minimum Gasteiger partial charge on any atom is -0.415 e. The topological polar surface area (TPSA) is 52.6 Å². The summed E-state index contributed by atoms with van der Waals surface area (Å²) < 4.78 is 151. The summed E-state index contributed by atoms with van der Waals surface area (Å²) in [4.78, 5) is 22.3. The number of hydrogen-bond acceptors (Lipinski definition) is 4. The number of alkyl halides is 6. The van der Waals surface area contributed by atoms with E-state index in [1.165, 1.54) is 0 Å². The summed E-state index contributed by atoms with van der Waals surface area (Å²) in [6, 6.07) is 0.946. The SMILES string of the molecule is O=C(Oc1c(I)ccc(-c2c(F)c(F)c(F)c(F)c2F)c1OC(=O)C(F)(F)F)C(F)(F)F. The summed E-state index contributed by atoms with van der Waals surface area (Å²) in [6.45, 7) is 0. The molecule has 0 amide bonds. The lowest BCUT2D eigenvalue weighted by atomic mass is 10.0. The van der Waals surface area contributed by atoms with Crippen LogP contribution in [0.4, 0.5) is 48.3 Å². The van der Waals surface area contributed by atoms with Crippen LogP contribution < -0.4 is 9.47 Å². The van der Waals surface area contributed by atoms with Gasteiger partial charge in [0.15, 0.2) is 34.8 Å². The van der Waals surface area contributed by atoms with Crippen LogP contribution in [0, 0.1) is 32.7 Å². The van der Waals surface area contributed by atoms with Crippen molar-refractivity contribution in [3.63, 3.8) is 0 Å². The molecular formula is C16H2F11IO4. The molecule has 0 aromatic heterocycles. The zero-order valence-electron chi connectivity index (χ0n) is 14.3. The second-order valence-corrected chi connectivity index (χ2v) is 6.63. The molecule has 174 valence electrons. The minimum absolute atomic E-state index is 0.365. The Labute approximate surface area is 182 Å². The average molecular weight is 594 g/mol. The summed E-state index contributed by atoms with van der Waals surface area (Å²) in [5.41, 5.74) is -3.48. The quantitative estimate of drug-likeness (QED) is 0.116. The first-order valence-corrected chi connectivity index (χ1v) is 8.48. The van der Waals surface area contributed by atoms with Crippen molar-refractivity contribution < 1.29 is 67.4 Å². The monoisotopic (exact) mass is 594 g/mol. The van der Waals surface area contributed by atoms with Gasteiger partial charge >= 0.3 is 24.3 Å². The molecule has 0 saturated carbocycles. The molecule has 2 aromatic carbocycles. The largest absolute Gasteiger partial charge is 0.491 e. The highest BCUT2D eigenvalue weighted by Gasteiger charge is 2.45. The first kappa shape index (κ1) is 25.6. The van der Waals surface area contributed by atoms with Gasteiger partial charge in [0.05, 0.1) is 9.13 Å². The second-order valence-electron chi connectivity index (χ2n) is 5.47. The van der Waals surface area contributed by atoms with E-state index < -0.39 is 79.6 Å². The molecule has 2 rings (SSSR count). The normalized spacial score (nSPS) is 12.0. The Bertz CT molecular complexity index is 1080. The van der Waals surface area contributed by atoms with Gasteiger partial charge in [0, 0.05) is 5.56 Å². The molecule has 0 aliphatic heterocycles. The highest BCUT2D eigenvalue weighted by Crippen LogP contribution is 2.45. The van der Waals surface area contributed by atoms with Gasteiger partial charge in [-0.25, -0.2) is 31.5 Å². The van der Waals surface area contributed by atoms with Crippen molar-refractivity contribution in [3.8, 4) is 22.6 Å². The van der Waals surface area contributed by atoms with Gasteiger partial charge in [-0.1, -0.05) is 0 Å². The standard InChI is InChI=1S/C16H2F11IO4/c17-6-5(7(18)9(20)10(21)8(6)19)3-1-2-4(28)12(32-14(30)16(25,26)27)11(3)31-13(29)15(22,23)24/h1-2H. The van der Waals surface area contributed by atoms with Gasteiger partial charge in [-0.2, -0.15) is 26.3 Å². The van der Waals surface area contributed by atoms with Gasteiger partial charge < -0.3 is 9.47 Å². The second kappa shape index (κ2) is 8.70. The molecule has 0 aliphatic carbocycles. The molecule has 32 heavy (non-hydrogen) atoms. The Morgan fingerprint density at radius 2 is 1.03 bits per heavy atom. The van der Waals surface area contributed by atoms with Crippen LogP contribution in [0.5, 0.6) is 11.5 Å². The summed E-state index contributed by atoms with van der Waals surface area (Å²) in [5.74, 6) is -22.7. The number of carbonyl (C=O) groups is 2. The zero-order chi connectivity index (χ0) is 24.8. The molecule has 0 bridgehead atoms. The number of benzene rings is 2. The van der Waals surface area contributed by atoms with Gasteiger partial charge in [-0.15, -0.1) is 0 Å².